The molecule has 0 radical (unpaired) electrons. The summed E-state index contributed by atoms with van der Waals surface area (Å²) >= 11 is 0. The van der Waals surface area contributed by atoms with E-state index in [1.807, 2.05) is 0 Å². The second-order valence-corrected chi connectivity index (χ2v) is 6.57. The van der Waals surface area contributed by atoms with Gasteiger partial charge in [0.1, 0.15) is 23.0 Å². The van der Waals surface area contributed by atoms with Crippen molar-refractivity contribution in [2.24, 2.45) is 0 Å². The smallest absolute Gasteiger partial charge is 0.322 e. The van der Waals surface area contributed by atoms with E-state index in [1.54, 1.807) is 0 Å². The van der Waals surface area contributed by atoms with Gasteiger partial charge in [-0.25, -0.2) is 13.2 Å². The maximum atomic E-state index is 14.4. The molecule has 0 aliphatic heterocycles. The van der Waals surface area contributed by atoms with Crippen molar-refractivity contribution in [3.63, 3.8) is 0 Å². The van der Waals surface area contributed by atoms with Crippen LogP contribution in [0.25, 0.3) is 0 Å². The molecular weight excluding hydrogens is 410 g/mol. The number of nitrogens with one attached hydrogen (secondary N) is 1. The van der Waals surface area contributed by atoms with Crippen molar-refractivity contribution in [3.05, 3.63) is 94.1 Å². The van der Waals surface area contributed by atoms with Gasteiger partial charge in [0, 0.05) is 24.5 Å². The van der Waals surface area contributed by atoms with Crippen LogP contribution < -0.4 is 5.32 Å². The minimum atomic E-state index is -4.64. The average Bonchev–Trinajstić information content (AvgIpc) is 2.62. The van der Waals surface area contributed by atoms with Crippen LogP contribution in [0.15, 0.2) is 48.8 Å². The third kappa shape index (κ3) is 4.61. The van der Waals surface area contributed by atoms with E-state index in [2.05, 4.69) is 10.3 Å². The predicted molar refractivity (Wildman–Crippen MR) is 97.5 cm³/mol. The summed E-state index contributed by atoms with van der Waals surface area (Å²) in [7, 11) is 0. The number of anilines is 1. The Balaban J connectivity index is 1.83. The Labute approximate surface area is 167 Å². The van der Waals surface area contributed by atoms with E-state index in [0.717, 1.165) is 24.3 Å². The maximum absolute atomic E-state index is 14.4. The Morgan fingerprint density at radius 2 is 1.63 bits per heavy atom. The molecule has 0 unspecified atom stereocenters. The van der Waals surface area contributed by atoms with Crippen molar-refractivity contribution in [2.75, 3.05) is 5.32 Å². The van der Waals surface area contributed by atoms with Gasteiger partial charge in [-0.05, 0) is 53.9 Å². The van der Waals surface area contributed by atoms with Gasteiger partial charge in [-0.3, -0.25) is 9.78 Å². The number of pyridine rings is 1. The molecule has 1 aromatic heterocycles. The monoisotopic (exact) mass is 424 g/mol. The summed E-state index contributed by atoms with van der Waals surface area (Å²) < 4.78 is 81.5. The van der Waals surface area contributed by atoms with E-state index in [1.165, 1.54) is 25.3 Å². The molecule has 3 nitrogen and oxygen atoms in total. The first-order chi connectivity index (χ1) is 14.1. The molecule has 0 spiro atoms. The first-order valence-electron chi connectivity index (χ1n) is 8.61. The van der Waals surface area contributed by atoms with Crippen LogP contribution in [0.1, 0.15) is 32.6 Å². The molecule has 0 atom stereocenters. The van der Waals surface area contributed by atoms with E-state index in [9.17, 15) is 31.1 Å². The highest BCUT2D eigenvalue weighted by molar-refractivity contribution is 6.04. The molecule has 0 fully saturated rings. The Kier molecular flexibility index (Phi) is 5.82. The van der Waals surface area contributed by atoms with Crippen molar-refractivity contribution >= 4 is 11.6 Å². The lowest BCUT2D eigenvalue weighted by Crippen LogP contribution is -2.16. The summed E-state index contributed by atoms with van der Waals surface area (Å²) in [4.78, 5) is 15.6. The summed E-state index contributed by atoms with van der Waals surface area (Å²) in [5.41, 5.74) is -1.85. The van der Waals surface area contributed by atoms with Gasteiger partial charge in [0.25, 0.3) is 5.91 Å². The molecular formula is C21H14F6N2O. The third-order valence-corrected chi connectivity index (χ3v) is 4.32. The lowest BCUT2D eigenvalue weighted by atomic mass is 10.0. The summed E-state index contributed by atoms with van der Waals surface area (Å²) in [6.07, 6.45) is -3.18. The number of aryl methyl sites for hydroxylation is 1. The van der Waals surface area contributed by atoms with E-state index in [4.69, 9.17) is 0 Å². The lowest BCUT2D eigenvalue weighted by molar-refractivity contribution is -0.138. The number of nitrogens with zero attached hydrogens (tertiary/aromatic N) is 1. The van der Waals surface area contributed by atoms with Gasteiger partial charge in [0.2, 0.25) is 0 Å². The van der Waals surface area contributed by atoms with E-state index >= 15 is 0 Å². The number of hydrogen-bond donors (Lipinski definition) is 1. The molecule has 1 amide bonds. The van der Waals surface area contributed by atoms with Crippen molar-refractivity contribution in [2.45, 2.75) is 19.5 Å². The second-order valence-electron chi connectivity index (χ2n) is 6.57. The fourth-order valence-corrected chi connectivity index (χ4v) is 2.92. The Hall–Kier alpha value is -3.36. The minimum Gasteiger partial charge on any atom is -0.322 e. The number of carbonyl (C=O) groups is 1. The molecule has 0 aliphatic carbocycles. The van der Waals surface area contributed by atoms with Crippen molar-refractivity contribution < 1.29 is 31.1 Å². The SMILES string of the molecule is Cc1cc(F)c(C(=O)Nc2ccc(Cc3ccncc3C(F)(F)F)c(F)c2)c(F)c1. The van der Waals surface area contributed by atoms with Crippen LogP contribution in [0.2, 0.25) is 0 Å². The molecule has 156 valence electrons. The zero-order valence-electron chi connectivity index (χ0n) is 15.4. The number of benzene rings is 2. The molecule has 3 rings (SSSR count). The van der Waals surface area contributed by atoms with Gasteiger partial charge in [0.05, 0.1) is 5.56 Å². The molecule has 2 aromatic carbocycles. The lowest BCUT2D eigenvalue weighted by Gasteiger charge is -2.13. The van der Waals surface area contributed by atoms with Gasteiger partial charge in [-0.15, -0.1) is 0 Å². The normalized spacial score (nSPS) is 11.4. The average molecular weight is 424 g/mol. The number of carbonyl (C=O) groups excluding carboxylic acids is 1. The third-order valence-electron chi connectivity index (χ3n) is 4.32. The first-order valence-corrected chi connectivity index (χ1v) is 8.61. The summed E-state index contributed by atoms with van der Waals surface area (Å²) in [6, 6.07) is 6.39. The largest absolute Gasteiger partial charge is 0.418 e. The topological polar surface area (TPSA) is 42.0 Å². The van der Waals surface area contributed by atoms with E-state index < -0.39 is 40.7 Å². The fraction of sp³-hybridized carbons (Fsp3) is 0.143. The van der Waals surface area contributed by atoms with Crippen LogP contribution >= 0.6 is 0 Å². The van der Waals surface area contributed by atoms with Crippen LogP contribution in [0.4, 0.5) is 32.0 Å². The number of aromatic nitrogens is 1. The Bertz CT molecular complexity index is 1090. The number of hydrogen-bond acceptors (Lipinski definition) is 2. The van der Waals surface area contributed by atoms with Crippen LogP contribution in [-0.2, 0) is 12.6 Å². The van der Waals surface area contributed by atoms with Crippen LogP contribution in [0.3, 0.4) is 0 Å². The highest BCUT2D eigenvalue weighted by Gasteiger charge is 2.33. The van der Waals surface area contributed by atoms with Crippen molar-refractivity contribution in [3.8, 4) is 0 Å². The van der Waals surface area contributed by atoms with Gasteiger partial charge in [0.15, 0.2) is 0 Å². The molecule has 30 heavy (non-hydrogen) atoms. The molecule has 1 N–H and O–H groups in total. The quantitative estimate of drug-likeness (QED) is 0.549. The number of rotatable bonds is 4. The standard InChI is InChI=1S/C21H14F6N2O/c1-11-6-17(23)19(18(24)7-11)20(30)29-14-3-2-13(16(22)9-14)8-12-4-5-28-10-15(12)21(25,26)27/h2-7,9-10H,8H2,1H3,(H,29,30). The number of alkyl halides is 3. The molecule has 1 heterocycles. The summed E-state index contributed by atoms with van der Waals surface area (Å²) in [6.45, 7) is 1.45. The van der Waals surface area contributed by atoms with Gasteiger partial charge in [-0.2, -0.15) is 13.2 Å². The van der Waals surface area contributed by atoms with Crippen LogP contribution in [0, 0.1) is 24.4 Å². The molecule has 0 bridgehead atoms. The van der Waals surface area contributed by atoms with Crippen LogP contribution in [0.5, 0.6) is 0 Å². The molecule has 0 aliphatic rings. The second kappa shape index (κ2) is 8.17. The van der Waals surface area contributed by atoms with Crippen molar-refractivity contribution in [1.29, 1.82) is 0 Å². The van der Waals surface area contributed by atoms with Crippen LogP contribution in [-0.4, -0.2) is 10.9 Å². The summed E-state index contributed by atoms with van der Waals surface area (Å²) in [5, 5.41) is 2.18. The maximum Gasteiger partial charge on any atom is 0.418 e. The predicted octanol–water partition coefficient (Wildman–Crippen LogP) is 5.67. The van der Waals surface area contributed by atoms with Gasteiger partial charge in [-0.1, -0.05) is 6.07 Å². The van der Waals surface area contributed by atoms with Gasteiger partial charge >= 0.3 is 6.18 Å². The molecule has 9 heteroatoms. The fourth-order valence-electron chi connectivity index (χ4n) is 2.92. The molecule has 0 saturated heterocycles. The summed E-state index contributed by atoms with van der Waals surface area (Å²) in [5.74, 6) is -4.15. The Morgan fingerprint density at radius 3 is 2.23 bits per heavy atom. The minimum absolute atomic E-state index is 0.0580. The van der Waals surface area contributed by atoms with E-state index in [0.29, 0.717) is 6.20 Å². The number of amides is 1. The number of halogens is 6. The highest BCUT2D eigenvalue weighted by atomic mass is 19.4. The van der Waals surface area contributed by atoms with Crippen molar-refractivity contribution in [1.82, 2.24) is 4.98 Å². The molecule has 3 aromatic rings. The Morgan fingerprint density at radius 1 is 0.967 bits per heavy atom. The zero-order valence-corrected chi connectivity index (χ0v) is 15.4. The van der Waals surface area contributed by atoms with Gasteiger partial charge < -0.3 is 5.32 Å². The molecule has 0 saturated carbocycles. The first kappa shape index (κ1) is 21.4. The van der Waals surface area contributed by atoms with E-state index in [-0.39, 0.29) is 28.8 Å². The highest BCUT2D eigenvalue weighted by Crippen LogP contribution is 2.32. The zero-order chi connectivity index (χ0) is 22.1.